The summed E-state index contributed by atoms with van der Waals surface area (Å²) in [5, 5.41) is 20.1. The van der Waals surface area contributed by atoms with Crippen LogP contribution >= 0.6 is 0 Å². The maximum absolute atomic E-state index is 9.87. The Morgan fingerprint density at radius 3 is 3.00 bits per heavy atom. The minimum atomic E-state index is -0.716. The molecule has 1 unspecified atom stereocenters. The van der Waals surface area contributed by atoms with E-state index in [2.05, 4.69) is 20.3 Å². The number of nitrogen functional groups attached to an aromatic ring is 1. The predicted molar refractivity (Wildman–Crippen MR) is 52.7 cm³/mol. The summed E-state index contributed by atoms with van der Waals surface area (Å²) in [7, 11) is 1.77. The van der Waals surface area contributed by atoms with Gasteiger partial charge in [0.2, 0.25) is 0 Å². The van der Waals surface area contributed by atoms with Gasteiger partial charge in [-0.2, -0.15) is 10.2 Å². The van der Waals surface area contributed by atoms with E-state index in [0.717, 1.165) is 0 Å². The highest BCUT2D eigenvalue weighted by Gasteiger charge is 2.15. The molecule has 0 aromatic carbocycles. The van der Waals surface area contributed by atoms with Gasteiger partial charge in [0.1, 0.15) is 18.0 Å². The topological polar surface area (TPSA) is 106 Å². The standard InChI is InChI=1S/C8H12N6O/c1-14-7(10-4-12-14)2-6(15)5-3-11-13-8(5)9/h3-4,6,15H,2H2,1H3,(H3,9,11,13). The van der Waals surface area contributed by atoms with Gasteiger partial charge < -0.3 is 10.8 Å². The third-order valence-electron chi connectivity index (χ3n) is 2.24. The second-order valence-electron chi connectivity index (χ2n) is 3.26. The Kier molecular flexibility index (Phi) is 2.38. The molecule has 0 spiro atoms. The fourth-order valence-corrected chi connectivity index (χ4v) is 1.36. The second kappa shape index (κ2) is 3.70. The fraction of sp³-hybridized carbons (Fsp3) is 0.375. The highest BCUT2D eigenvalue weighted by Crippen LogP contribution is 2.20. The number of aliphatic hydroxyl groups excluding tert-OH is 1. The lowest BCUT2D eigenvalue weighted by Gasteiger charge is -2.08. The molecule has 80 valence electrons. The lowest BCUT2D eigenvalue weighted by molar-refractivity contribution is 0.175. The van der Waals surface area contributed by atoms with Crippen molar-refractivity contribution in [3.8, 4) is 0 Å². The maximum Gasteiger partial charge on any atom is 0.138 e. The molecule has 0 saturated heterocycles. The zero-order valence-electron chi connectivity index (χ0n) is 8.25. The molecule has 0 aliphatic heterocycles. The molecule has 0 bridgehead atoms. The van der Waals surface area contributed by atoms with Crippen molar-refractivity contribution in [1.82, 2.24) is 25.0 Å². The molecule has 0 amide bonds. The summed E-state index contributed by atoms with van der Waals surface area (Å²) in [6, 6.07) is 0. The second-order valence-corrected chi connectivity index (χ2v) is 3.26. The van der Waals surface area contributed by atoms with E-state index in [9.17, 15) is 5.11 Å². The Hall–Kier alpha value is -1.89. The van der Waals surface area contributed by atoms with E-state index < -0.39 is 6.10 Å². The molecule has 0 saturated carbocycles. The molecule has 1 atom stereocenters. The average Bonchev–Trinajstić information content (AvgIpc) is 2.76. The number of aromatic nitrogens is 5. The average molecular weight is 208 g/mol. The number of nitrogens with one attached hydrogen (secondary N) is 1. The number of H-pyrrole nitrogens is 1. The summed E-state index contributed by atoms with van der Waals surface area (Å²) in [6.45, 7) is 0. The van der Waals surface area contributed by atoms with Crippen LogP contribution in [-0.2, 0) is 13.5 Å². The zero-order valence-corrected chi connectivity index (χ0v) is 8.25. The summed E-state index contributed by atoms with van der Waals surface area (Å²) in [5.74, 6) is 1.08. The van der Waals surface area contributed by atoms with Crippen LogP contribution in [0, 0.1) is 0 Å². The van der Waals surface area contributed by atoms with Gasteiger partial charge in [-0.3, -0.25) is 9.78 Å². The molecule has 0 aliphatic rings. The molecule has 15 heavy (non-hydrogen) atoms. The molecular formula is C8H12N6O. The highest BCUT2D eigenvalue weighted by atomic mass is 16.3. The normalized spacial score (nSPS) is 12.9. The van der Waals surface area contributed by atoms with E-state index in [4.69, 9.17) is 5.73 Å². The van der Waals surface area contributed by atoms with Crippen LogP contribution in [0.5, 0.6) is 0 Å². The summed E-state index contributed by atoms with van der Waals surface area (Å²) in [6.07, 6.45) is 2.60. The monoisotopic (exact) mass is 208 g/mol. The van der Waals surface area contributed by atoms with Crippen molar-refractivity contribution in [1.29, 1.82) is 0 Å². The number of nitrogens with zero attached hydrogens (tertiary/aromatic N) is 4. The van der Waals surface area contributed by atoms with Crippen molar-refractivity contribution in [2.24, 2.45) is 7.05 Å². The number of anilines is 1. The molecule has 7 nitrogen and oxygen atoms in total. The van der Waals surface area contributed by atoms with Crippen molar-refractivity contribution in [2.75, 3.05) is 5.73 Å². The Morgan fingerprint density at radius 1 is 1.67 bits per heavy atom. The summed E-state index contributed by atoms with van der Waals surface area (Å²) >= 11 is 0. The lowest BCUT2D eigenvalue weighted by atomic mass is 10.1. The van der Waals surface area contributed by atoms with Gasteiger partial charge >= 0.3 is 0 Å². The molecule has 0 fully saturated rings. The van der Waals surface area contributed by atoms with Gasteiger partial charge in [0, 0.05) is 19.0 Å². The van der Waals surface area contributed by atoms with E-state index in [1.165, 1.54) is 12.5 Å². The van der Waals surface area contributed by atoms with Crippen molar-refractivity contribution < 1.29 is 5.11 Å². The van der Waals surface area contributed by atoms with E-state index in [1.807, 2.05) is 0 Å². The van der Waals surface area contributed by atoms with Crippen LogP contribution in [0.1, 0.15) is 17.5 Å². The van der Waals surface area contributed by atoms with Crippen LogP contribution in [0.4, 0.5) is 5.82 Å². The van der Waals surface area contributed by atoms with E-state index in [1.54, 1.807) is 11.7 Å². The van der Waals surface area contributed by atoms with Gasteiger partial charge in [-0.1, -0.05) is 0 Å². The summed E-state index contributed by atoms with van der Waals surface area (Å²) in [5.41, 5.74) is 6.17. The minimum absolute atomic E-state index is 0.361. The van der Waals surface area contributed by atoms with E-state index in [-0.39, 0.29) is 0 Å². The van der Waals surface area contributed by atoms with Crippen molar-refractivity contribution in [2.45, 2.75) is 12.5 Å². The highest BCUT2D eigenvalue weighted by molar-refractivity contribution is 5.38. The van der Waals surface area contributed by atoms with Gasteiger partial charge in [0.05, 0.1) is 12.3 Å². The van der Waals surface area contributed by atoms with Crippen LogP contribution in [0.15, 0.2) is 12.5 Å². The molecular weight excluding hydrogens is 196 g/mol. The molecule has 2 aromatic heterocycles. The SMILES string of the molecule is Cn1ncnc1CC(O)c1cn[nH]c1N. The number of aliphatic hydroxyl groups is 1. The number of aromatic amines is 1. The quantitative estimate of drug-likeness (QED) is 0.624. The van der Waals surface area contributed by atoms with Crippen molar-refractivity contribution in [3.63, 3.8) is 0 Å². The van der Waals surface area contributed by atoms with Gasteiger partial charge in [-0.15, -0.1) is 0 Å². The van der Waals surface area contributed by atoms with Crippen LogP contribution in [-0.4, -0.2) is 30.1 Å². The minimum Gasteiger partial charge on any atom is -0.388 e. The van der Waals surface area contributed by atoms with Crippen LogP contribution in [0.3, 0.4) is 0 Å². The molecule has 2 rings (SSSR count). The van der Waals surface area contributed by atoms with Gasteiger partial charge in [0.15, 0.2) is 0 Å². The number of hydrogen-bond donors (Lipinski definition) is 3. The lowest BCUT2D eigenvalue weighted by Crippen LogP contribution is -2.08. The van der Waals surface area contributed by atoms with Crippen LogP contribution < -0.4 is 5.73 Å². The number of aryl methyl sites for hydroxylation is 1. The number of rotatable bonds is 3. The maximum atomic E-state index is 9.87. The van der Waals surface area contributed by atoms with Crippen LogP contribution in [0.25, 0.3) is 0 Å². The van der Waals surface area contributed by atoms with Crippen molar-refractivity contribution in [3.05, 3.63) is 23.9 Å². The zero-order chi connectivity index (χ0) is 10.8. The molecule has 0 aliphatic carbocycles. The first-order chi connectivity index (χ1) is 7.18. The third kappa shape index (κ3) is 1.82. The first kappa shape index (κ1) is 9.66. The Bertz CT molecular complexity index is 447. The first-order valence-electron chi connectivity index (χ1n) is 4.48. The largest absolute Gasteiger partial charge is 0.388 e. The van der Waals surface area contributed by atoms with E-state index in [0.29, 0.717) is 23.6 Å². The Labute approximate surface area is 85.9 Å². The smallest absolute Gasteiger partial charge is 0.138 e. The van der Waals surface area contributed by atoms with E-state index >= 15 is 0 Å². The number of nitrogens with two attached hydrogens (primary N) is 1. The molecule has 2 aromatic rings. The van der Waals surface area contributed by atoms with Crippen LogP contribution in [0.2, 0.25) is 0 Å². The Morgan fingerprint density at radius 2 is 2.47 bits per heavy atom. The first-order valence-corrected chi connectivity index (χ1v) is 4.48. The molecule has 4 N–H and O–H groups in total. The van der Waals surface area contributed by atoms with Crippen molar-refractivity contribution >= 4 is 5.82 Å². The molecule has 2 heterocycles. The summed E-state index contributed by atoms with van der Waals surface area (Å²) < 4.78 is 1.61. The predicted octanol–water partition coefficient (Wildman–Crippen LogP) is -0.604. The molecule has 0 radical (unpaired) electrons. The van der Waals surface area contributed by atoms with Gasteiger partial charge in [-0.25, -0.2) is 4.98 Å². The fourth-order valence-electron chi connectivity index (χ4n) is 1.36. The Balaban J connectivity index is 2.14. The summed E-state index contributed by atoms with van der Waals surface area (Å²) in [4.78, 5) is 4.02. The third-order valence-corrected chi connectivity index (χ3v) is 2.24. The van der Waals surface area contributed by atoms with Gasteiger partial charge in [-0.05, 0) is 0 Å². The van der Waals surface area contributed by atoms with Gasteiger partial charge in [0.25, 0.3) is 0 Å². The number of hydrogen-bond acceptors (Lipinski definition) is 5. The molecule has 7 heteroatoms.